The largest absolute Gasteiger partial charge is 0.457 e. The molecule has 136 valence electrons. The molecule has 0 aromatic heterocycles. The lowest BCUT2D eigenvalue weighted by Gasteiger charge is -2.38. The van der Waals surface area contributed by atoms with Crippen molar-refractivity contribution in [2.45, 2.75) is 25.7 Å². The fraction of sp³-hybridized carbons (Fsp3) is 0.250. The van der Waals surface area contributed by atoms with Crippen LogP contribution in [0.3, 0.4) is 0 Å². The molecule has 0 saturated heterocycles. The third-order valence-electron chi connectivity index (χ3n) is 5.61. The molecule has 0 fully saturated rings. The van der Waals surface area contributed by atoms with Crippen LogP contribution in [0.4, 0.5) is 5.69 Å². The minimum Gasteiger partial charge on any atom is -0.457 e. The van der Waals surface area contributed by atoms with Crippen molar-refractivity contribution in [1.82, 2.24) is 0 Å². The number of hydrogen-bond acceptors (Lipinski definition) is 2. The van der Waals surface area contributed by atoms with E-state index in [9.17, 15) is 0 Å². The van der Waals surface area contributed by atoms with Crippen LogP contribution in [0, 0.1) is 0 Å². The van der Waals surface area contributed by atoms with Gasteiger partial charge in [-0.1, -0.05) is 58.4 Å². The first-order valence-electron chi connectivity index (χ1n) is 9.72. The maximum Gasteiger partial charge on any atom is 0.133 e. The summed E-state index contributed by atoms with van der Waals surface area (Å²) in [5.74, 6) is 1.89. The Kier molecular flexibility index (Phi) is 4.41. The molecule has 3 heteroatoms. The summed E-state index contributed by atoms with van der Waals surface area (Å²) in [4.78, 5) is 2.55. The predicted molar refractivity (Wildman–Crippen MR) is 115 cm³/mol. The molecule has 0 saturated carbocycles. The lowest BCUT2D eigenvalue weighted by atomic mass is 9.91. The average Bonchev–Trinajstić information content (AvgIpc) is 2.72. The number of halogens is 1. The highest BCUT2D eigenvalue weighted by molar-refractivity contribution is 9.10. The van der Waals surface area contributed by atoms with Crippen LogP contribution in [0.25, 0.3) is 11.1 Å². The van der Waals surface area contributed by atoms with E-state index < -0.39 is 0 Å². The molecule has 0 radical (unpaired) electrons. The van der Waals surface area contributed by atoms with Crippen LogP contribution in [0.15, 0.2) is 65.1 Å². The Labute approximate surface area is 168 Å². The van der Waals surface area contributed by atoms with Crippen molar-refractivity contribution in [3.8, 4) is 22.6 Å². The minimum atomic E-state index is 0.896. The minimum absolute atomic E-state index is 0.896. The quantitative estimate of drug-likeness (QED) is 0.473. The summed E-state index contributed by atoms with van der Waals surface area (Å²) in [5.41, 5.74) is 6.66. The van der Waals surface area contributed by atoms with Crippen LogP contribution >= 0.6 is 15.9 Å². The summed E-state index contributed by atoms with van der Waals surface area (Å²) in [6.07, 6.45) is 4.70. The lowest BCUT2D eigenvalue weighted by Crippen LogP contribution is -2.34. The van der Waals surface area contributed by atoms with Crippen molar-refractivity contribution in [3.63, 3.8) is 0 Å². The van der Waals surface area contributed by atoms with E-state index in [-0.39, 0.29) is 0 Å². The van der Waals surface area contributed by atoms with Gasteiger partial charge in [-0.3, -0.25) is 0 Å². The first-order chi connectivity index (χ1) is 13.3. The standard InChI is InChI=1S/C24H22BrNO/c25-22-16-23(21-12-6-14-26-13-5-11-20(22)24(21)26)27-19-10-4-9-18(15-19)17-7-2-1-3-8-17/h1-4,7-10,15-16H,5-6,11-14H2. The average molecular weight is 420 g/mol. The van der Waals surface area contributed by atoms with E-state index in [1.165, 1.54) is 58.3 Å². The molecule has 27 heavy (non-hydrogen) atoms. The molecule has 5 rings (SSSR count). The summed E-state index contributed by atoms with van der Waals surface area (Å²) >= 11 is 3.81. The van der Waals surface area contributed by atoms with Gasteiger partial charge in [-0.2, -0.15) is 0 Å². The molecule has 3 aromatic rings. The van der Waals surface area contributed by atoms with Gasteiger partial charge in [0.15, 0.2) is 0 Å². The SMILES string of the molecule is Brc1cc(Oc2cccc(-c3ccccc3)c2)c2c3c1CCCN3CCC2. The third-order valence-corrected chi connectivity index (χ3v) is 6.32. The summed E-state index contributed by atoms with van der Waals surface area (Å²) in [6.45, 7) is 2.33. The maximum atomic E-state index is 6.44. The molecule has 0 bridgehead atoms. The van der Waals surface area contributed by atoms with Crippen molar-refractivity contribution in [2.24, 2.45) is 0 Å². The smallest absolute Gasteiger partial charge is 0.133 e. The Morgan fingerprint density at radius 1 is 0.778 bits per heavy atom. The predicted octanol–water partition coefficient (Wildman–Crippen LogP) is 6.61. The van der Waals surface area contributed by atoms with Gasteiger partial charge in [0.25, 0.3) is 0 Å². The first-order valence-corrected chi connectivity index (χ1v) is 10.5. The number of nitrogens with zero attached hydrogens (tertiary/aromatic N) is 1. The van der Waals surface area contributed by atoms with Gasteiger partial charge in [-0.05, 0) is 60.6 Å². The molecule has 0 amide bonds. The van der Waals surface area contributed by atoms with E-state index in [1.54, 1.807) is 0 Å². The molecule has 0 atom stereocenters. The van der Waals surface area contributed by atoms with Gasteiger partial charge < -0.3 is 9.64 Å². The van der Waals surface area contributed by atoms with Crippen LogP contribution in [0.2, 0.25) is 0 Å². The molecule has 0 spiro atoms. The highest BCUT2D eigenvalue weighted by Gasteiger charge is 2.28. The van der Waals surface area contributed by atoms with Crippen molar-refractivity contribution in [3.05, 3.63) is 76.3 Å². The van der Waals surface area contributed by atoms with Crippen molar-refractivity contribution < 1.29 is 4.74 Å². The number of ether oxygens (including phenoxy) is 1. The van der Waals surface area contributed by atoms with Gasteiger partial charge in [0, 0.05) is 28.8 Å². The molecule has 0 unspecified atom stereocenters. The molecule has 0 N–H and O–H groups in total. The molecule has 3 aromatic carbocycles. The van der Waals surface area contributed by atoms with Crippen molar-refractivity contribution >= 4 is 21.6 Å². The van der Waals surface area contributed by atoms with E-state index in [0.717, 1.165) is 24.3 Å². The highest BCUT2D eigenvalue weighted by atomic mass is 79.9. The zero-order chi connectivity index (χ0) is 18.2. The molecule has 2 heterocycles. The number of hydrogen-bond donors (Lipinski definition) is 0. The maximum absolute atomic E-state index is 6.44. The first kappa shape index (κ1) is 16.9. The highest BCUT2D eigenvalue weighted by Crippen LogP contribution is 2.45. The zero-order valence-corrected chi connectivity index (χ0v) is 16.8. The second kappa shape index (κ2) is 7.05. The van der Waals surface area contributed by atoms with Gasteiger partial charge in [-0.25, -0.2) is 0 Å². The number of rotatable bonds is 3. The van der Waals surface area contributed by atoms with Gasteiger partial charge in [0.2, 0.25) is 0 Å². The van der Waals surface area contributed by atoms with Crippen LogP contribution < -0.4 is 9.64 Å². The molecule has 2 aliphatic rings. The van der Waals surface area contributed by atoms with Gasteiger partial charge in [-0.15, -0.1) is 0 Å². The Morgan fingerprint density at radius 2 is 1.52 bits per heavy atom. The topological polar surface area (TPSA) is 12.5 Å². The van der Waals surface area contributed by atoms with E-state index in [1.807, 2.05) is 12.1 Å². The molecular weight excluding hydrogens is 398 g/mol. The Morgan fingerprint density at radius 3 is 2.33 bits per heavy atom. The number of anilines is 1. The van der Waals surface area contributed by atoms with Gasteiger partial charge >= 0.3 is 0 Å². The Hall–Kier alpha value is -2.26. The second-order valence-electron chi connectivity index (χ2n) is 7.35. The number of benzene rings is 3. The molecule has 2 nitrogen and oxygen atoms in total. The van der Waals surface area contributed by atoms with Crippen LogP contribution in [0.5, 0.6) is 11.5 Å². The summed E-state index contributed by atoms with van der Waals surface area (Å²) in [6, 6.07) is 21.0. The van der Waals surface area contributed by atoms with Crippen LogP contribution in [-0.4, -0.2) is 13.1 Å². The fourth-order valence-corrected chi connectivity index (χ4v) is 4.97. The normalized spacial score (nSPS) is 15.4. The van der Waals surface area contributed by atoms with E-state index in [2.05, 4.69) is 69.4 Å². The monoisotopic (exact) mass is 419 g/mol. The van der Waals surface area contributed by atoms with Crippen LogP contribution in [0.1, 0.15) is 24.0 Å². The lowest BCUT2D eigenvalue weighted by molar-refractivity contribution is 0.470. The Balaban J connectivity index is 1.54. The van der Waals surface area contributed by atoms with E-state index >= 15 is 0 Å². The van der Waals surface area contributed by atoms with Crippen molar-refractivity contribution in [1.29, 1.82) is 0 Å². The van der Waals surface area contributed by atoms with Gasteiger partial charge in [0.1, 0.15) is 11.5 Å². The fourth-order valence-electron chi connectivity index (χ4n) is 4.38. The van der Waals surface area contributed by atoms with E-state index in [4.69, 9.17) is 4.74 Å². The Bertz CT molecular complexity index is 981. The van der Waals surface area contributed by atoms with E-state index in [0.29, 0.717) is 0 Å². The van der Waals surface area contributed by atoms with Gasteiger partial charge in [0.05, 0.1) is 0 Å². The summed E-state index contributed by atoms with van der Waals surface area (Å²) in [7, 11) is 0. The summed E-state index contributed by atoms with van der Waals surface area (Å²) in [5, 5.41) is 0. The van der Waals surface area contributed by atoms with Crippen molar-refractivity contribution in [2.75, 3.05) is 18.0 Å². The molecule has 2 aliphatic heterocycles. The molecule has 0 aliphatic carbocycles. The zero-order valence-electron chi connectivity index (χ0n) is 15.2. The van der Waals surface area contributed by atoms with Crippen LogP contribution in [-0.2, 0) is 12.8 Å². The molecular formula is C24H22BrNO. The summed E-state index contributed by atoms with van der Waals surface area (Å²) < 4.78 is 7.62. The second-order valence-corrected chi connectivity index (χ2v) is 8.21. The third kappa shape index (κ3) is 3.14.